The zero-order valence-electron chi connectivity index (χ0n) is 13.3. The predicted molar refractivity (Wildman–Crippen MR) is 87.9 cm³/mol. The summed E-state index contributed by atoms with van der Waals surface area (Å²) in [5.41, 5.74) is 2.51. The molecule has 0 aliphatic carbocycles. The summed E-state index contributed by atoms with van der Waals surface area (Å²) in [5, 5.41) is 5.31. The molecule has 0 saturated carbocycles. The number of hydrogen-bond acceptors (Lipinski definition) is 2. The van der Waals surface area contributed by atoms with Crippen molar-refractivity contribution in [2.75, 3.05) is 5.32 Å². The number of carbonyl (C=O) groups excluding carboxylic acids is 2. The van der Waals surface area contributed by atoms with Gasteiger partial charge in [-0.15, -0.1) is 0 Å². The van der Waals surface area contributed by atoms with Crippen LogP contribution in [-0.2, 0) is 4.79 Å². The first-order valence-corrected chi connectivity index (χ1v) is 7.32. The molecule has 2 rings (SSSR count). The molecular weight excluding hydrogens is 295 g/mol. The third-order valence-electron chi connectivity index (χ3n) is 3.59. The first kappa shape index (κ1) is 16.7. The Morgan fingerprint density at radius 3 is 2.22 bits per heavy atom. The lowest BCUT2D eigenvalue weighted by Crippen LogP contribution is -2.42. The van der Waals surface area contributed by atoms with Gasteiger partial charge >= 0.3 is 0 Å². The summed E-state index contributed by atoms with van der Waals surface area (Å²) in [7, 11) is 0. The normalized spacial score (nSPS) is 11.7. The molecule has 4 nitrogen and oxygen atoms in total. The Bertz CT molecular complexity index is 723. The highest BCUT2D eigenvalue weighted by Crippen LogP contribution is 2.19. The summed E-state index contributed by atoms with van der Waals surface area (Å²) in [6.45, 7) is 5.35. The highest BCUT2D eigenvalue weighted by atomic mass is 19.1. The number of aryl methyl sites for hydroxylation is 2. The summed E-state index contributed by atoms with van der Waals surface area (Å²) < 4.78 is 13.6. The van der Waals surface area contributed by atoms with E-state index in [-0.39, 0.29) is 11.5 Å². The number of nitrogens with one attached hydrogen (secondary N) is 2. The van der Waals surface area contributed by atoms with Crippen molar-refractivity contribution in [3.05, 3.63) is 65.0 Å². The lowest BCUT2D eigenvalue weighted by atomic mass is 10.1. The molecule has 0 heterocycles. The SMILES string of the molecule is Cc1cccc(C)c1NC(=O)C(C)NC(=O)c1ccccc1F. The van der Waals surface area contributed by atoms with Crippen LogP contribution in [0.25, 0.3) is 0 Å². The molecule has 23 heavy (non-hydrogen) atoms. The second-order valence-corrected chi connectivity index (χ2v) is 5.43. The van der Waals surface area contributed by atoms with Crippen LogP contribution in [0.1, 0.15) is 28.4 Å². The lowest BCUT2D eigenvalue weighted by molar-refractivity contribution is -0.117. The summed E-state index contributed by atoms with van der Waals surface area (Å²) in [5.74, 6) is -1.59. The van der Waals surface area contributed by atoms with E-state index >= 15 is 0 Å². The molecule has 0 aliphatic heterocycles. The highest BCUT2D eigenvalue weighted by Gasteiger charge is 2.19. The van der Waals surface area contributed by atoms with Gasteiger partial charge in [0, 0.05) is 5.69 Å². The predicted octanol–water partition coefficient (Wildman–Crippen LogP) is 3.20. The first-order chi connectivity index (χ1) is 10.9. The Labute approximate surface area is 134 Å². The molecule has 2 N–H and O–H groups in total. The number of anilines is 1. The van der Waals surface area contributed by atoms with Gasteiger partial charge in [-0.2, -0.15) is 0 Å². The fourth-order valence-electron chi connectivity index (χ4n) is 2.23. The summed E-state index contributed by atoms with van der Waals surface area (Å²) in [6.07, 6.45) is 0. The molecule has 2 aromatic carbocycles. The lowest BCUT2D eigenvalue weighted by Gasteiger charge is -2.17. The van der Waals surface area contributed by atoms with Gasteiger partial charge in [-0.25, -0.2) is 4.39 Å². The van der Waals surface area contributed by atoms with Crippen LogP contribution >= 0.6 is 0 Å². The zero-order valence-corrected chi connectivity index (χ0v) is 13.3. The summed E-state index contributed by atoms with van der Waals surface area (Å²) in [6, 6.07) is 10.6. The first-order valence-electron chi connectivity index (χ1n) is 7.32. The molecule has 0 aromatic heterocycles. The van der Waals surface area contributed by atoms with Gasteiger partial charge in [-0.3, -0.25) is 9.59 Å². The van der Waals surface area contributed by atoms with Crippen molar-refractivity contribution < 1.29 is 14.0 Å². The number of amides is 2. The van der Waals surface area contributed by atoms with Crippen LogP contribution in [0, 0.1) is 19.7 Å². The van der Waals surface area contributed by atoms with Crippen LogP contribution in [0.4, 0.5) is 10.1 Å². The summed E-state index contributed by atoms with van der Waals surface area (Å²) in [4.78, 5) is 24.3. The third kappa shape index (κ3) is 3.94. The van der Waals surface area contributed by atoms with E-state index in [9.17, 15) is 14.0 Å². The van der Waals surface area contributed by atoms with Gasteiger partial charge in [-0.1, -0.05) is 30.3 Å². The molecule has 0 bridgehead atoms. The minimum Gasteiger partial charge on any atom is -0.340 e. The number of carbonyl (C=O) groups is 2. The number of benzene rings is 2. The minimum absolute atomic E-state index is 0.0841. The monoisotopic (exact) mass is 314 g/mol. The molecule has 0 saturated heterocycles. The maximum Gasteiger partial charge on any atom is 0.254 e. The largest absolute Gasteiger partial charge is 0.340 e. The van der Waals surface area contributed by atoms with E-state index in [4.69, 9.17) is 0 Å². The highest BCUT2D eigenvalue weighted by molar-refractivity contribution is 6.01. The van der Waals surface area contributed by atoms with Gasteiger partial charge in [0.1, 0.15) is 11.9 Å². The van der Waals surface area contributed by atoms with E-state index in [0.29, 0.717) is 0 Å². The van der Waals surface area contributed by atoms with Crippen molar-refractivity contribution in [3.63, 3.8) is 0 Å². The maximum absolute atomic E-state index is 13.6. The molecule has 1 atom stereocenters. The van der Waals surface area contributed by atoms with E-state index in [2.05, 4.69) is 10.6 Å². The van der Waals surface area contributed by atoms with Crippen molar-refractivity contribution in [2.45, 2.75) is 26.8 Å². The molecule has 0 spiro atoms. The molecule has 120 valence electrons. The molecule has 1 unspecified atom stereocenters. The Morgan fingerprint density at radius 2 is 1.61 bits per heavy atom. The number of halogens is 1. The molecular formula is C18H19FN2O2. The Morgan fingerprint density at radius 1 is 1.00 bits per heavy atom. The minimum atomic E-state index is -0.791. The quantitative estimate of drug-likeness (QED) is 0.910. The Hall–Kier alpha value is -2.69. The fraction of sp³-hybridized carbons (Fsp3) is 0.222. The van der Waals surface area contributed by atoms with Gasteiger partial charge in [0.2, 0.25) is 5.91 Å². The van der Waals surface area contributed by atoms with Gasteiger partial charge < -0.3 is 10.6 Å². The van der Waals surface area contributed by atoms with Crippen LogP contribution in [0.5, 0.6) is 0 Å². The van der Waals surface area contributed by atoms with E-state index in [1.807, 2.05) is 32.0 Å². The van der Waals surface area contributed by atoms with Crippen molar-refractivity contribution in [3.8, 4) is 0 Å². The van der Waals surface area contributed by atoms with Crippen LogP contribution in [-0.4, -0.2) is 17.9 Å². The van der Waals surface area contributed by atoms with Crippen LogP contribution in [0.3, 0.4) is 0 Å². The molecule has 2 amide bonds. The van der Waals surface area contributed by atoms with Crippen LogP contribution < -0.4 is 10.6 Å². The van der Waals surface area contributed by atoms with Crippen molar-refractivity contribution in [1.82, 2.24) is 5.32 Å². The average molecular weight is 314 g/mol. The Kier molecular flexibility index (Phi) is 5.11. The molecule has 5 heteroatoms. The fourth-order valence-corrected chi connectivity index (χ4v) is 2.23. The maximum atomic E-state index is 13.6. The molecule has 0 aliphatic rings. The van der Waals surface area contributed by atoms with Crippen LogP contribution in [0.2, 0.25) is 0 Å². The van der Waals surface area contributed by atoms with Gasteiger partial charge in [0.15, 0.2) is 0 Å². The second kappa shape index (κ2) is 7.05. The molecule has 0 radical (unpaired) electrons. The van der Waals surface area contributed by atoms with Crippen molar-refractivity contribution in [2.24, 2.45) is 0 Å². The smallest absolute Gasteiger partial charge is 0.254 e. The average Bonchev–Trinajstić information content (AvgIpc) is 2.51. The van der Waals surface area contributed by atoms with Crippen molar-refractivity contribution in [1.29, 1.82) is 0 Å². The van der Waals surface area contributed by atoms with Gasteiger partial charge in [0.25, 0.3) is 5.91 Å². The second-order valence-electron chi connectivity index (χ2n) is 5.43. The number of rotatable bonds is 4. The molecule has 2 aromatic rings. The van der Waals surface area contributed by atoms with E-state index in [1.165, 1.54) is 18.2 Å². The topological polar surface area (TPSA) is 58.2 Å². The van der Waals surface area contributed by atoms with Crippen LogP contribution in [0.15, 0.2) is 42.5 Å². The molecule has 0 fully saturated rings. The third-order valence-corrected chi connectivity index (χ3v) is 3.59. The summed E-state index contributed by atoms with van der Waals surface area (Å²) >= 11 is 0. The zero-order chi connectivity index (χ0) is 17.0. The van der Waals surface area contributed by atoms with E-state index in [0.717, 1.165) is 16.8 Å². The van der Waals surface area contributed by atoms with Crippen molar-refractivity contribution >= 4 is 17.5 Å². The number of para-hydroxylation sites is 1. The van der Waals surface area contributed by atoms with E-state index in [1.54, 1.807) is 13.0 Å². The number of hydrogen-bond donors (Lipinski definition) is 2. The van der Waals surface area contributed by atoms with E-state index < -0.39 is 17.8 Å². The standard InChI is InChI=1S/C18H19FN2O2/c1-11-7-6-8-12(2)16(11)21-17(22)13(3)20-18(23)14-9-4-5-10-15(14)19/h4-10,13H,1-3H3,(H,20,23)(H,21,22). The Balaban J connectivity index is 2.06. The van der Waals surface area contributed by atoms with Gasteiger partial charge in [-0.05, 0) is 44.0 Å². The van der Waals surface area contributed by atoms with Gasteiger partial charge in [0.05, 0.1) is 5.56 Å².